The van der Waals surface area contributed by atoms with Crippen molar-refractivity contribution in [1.29, 1.82) is 0 Å². The van der Waals surface area contributed by atoms with E-state index in [2.05, 4.69) is 13.2 Å². The van der Waals surface area contributed by atoms with Gasteiger partial charge in [-0.15, -0.1) is 0 Å². The second-order valence-corrected chi connectivity index (χ2v) is 4.42. The van der Waals surface area contributed by atoms with E-state index in [0.717, 1.165) is 17.6 Å². The molecule has 86 valence electrons. The Hall–Kier alpha value is -1.44. The van der Waals surface area contributed by atoms with Gasteiger partial charge in [-0.3, -0.25) is 9.59 Å². The van der Waals surface area contributed by atoms with Gasteiger partial charge in [-0.2, -0.15) is 0 Å². The van der Waals surface area contributed by atoms with Crippen molar-refractivity contribution in [2.45, 2.75) is 26.7 Å². The average Bonchev–Trinajstić information content (AvgIpc) is 2.24. The molecule has 0 aromatic carbocycles. The fraction of sp³-hybridized carbons (Fsp3) is 0.429. The number of carbonyl (C=O) groups excluding carboxylic acids is 2. The van der Waals surface area contributed by atoms with E-state index in [1.807, 2.05) is 19.9 Å². The third kappa shape index (κ3) is 2.57. The minimum Gasteiger partial charge on any atom is -0.295 e. The van der Waals surface area contributed by atoms with Crippen molar-refractivity contribution in [3.8, 4) is 0 Å². The summed E-state index contributed by atoms with van der Waals surface area (Å²) in [7, 11) is 0. The summed E-state index contributed by atoms with van der Waals surface area (Å²) in [6, 6.07) is 0. The van der Waals surface area contributed by atoms with E-state index in [1.54, 1.807) is 0 Å². The van der Waals surface area contributed by atoms with Crippen molar-refractivity contribution >= 4 is 11.6 Å². The van der Waals surface area contributed by atoms with Crippen LogP contribution in [0, 0.1) is 11.8 Å². The Kier molecular flexibility index (Phi) is 3.99. The molecule has 2 heteroatoms. The van der Waals surface area contributed by atoms with Crippen molar-refractivity contribution in [1.82, 2.24) is 0 Å². The summed E-state index contributed by atoms with van der Waals surface area (Å²) >= 11 is 0. The highest BCUT2D eigenvalue weighted by Gasteiger charge is 2.33. The predicted molar refractivity (Wildman–Crippen MR) is 65.0 cm³/mol. The molecule has 0 bridgehead atoms. The molecule has 0 spiro atoms. The van der Waals surface area contributed by atoms with Gasteiger partial charge < -0.3 is 0 Å². The quantitative estimate of drug-likeness (QED) is 0.537. The molecular weight excluding hydrogens is 200 g/mol. The van der Waals surface area contributed by atoms with E-state index in [1.165, 1.54) is 6.08 Å². The van der Waals surface area contributed by atoms with Gasteiger partial charge in [0.1, 0.15) is 0 Å². The standard InChI is InChI=1S/C14H18O2/c1-5-11(15)8-13-12(9(2)3)7-6-10(4)14(13)16/h5-6,12-13H,1-2,7-8H2,3-4H3/t12-,13?/m0/s1. The Morgan fingerprint density at radius 1 is 1.62 bits per heavy atom. The molecule has 1 aliphatic carbocycles. The molecule has 1 aliphatic rings. The summed E-state index contributed by atoms with van der Waals surface area (Å²) in [6.07, 6.45) is 4.29. The zero-order chi connectivity index (χ0) is 12.3. The second kappa shape index (κ2) is 5.06. The molecule has 2 nitrogen and oxygen atoms in total. The second-order valence-electron chi connectivity index (χ2n) is 4.42. The molecule has 0 fully saturated rings. The van der Waals surface area contributed by atoms with Gasteiger partial charge in [-0.1, -0.05) is 24.8 Å². The van der Waals surface area contributed by atoms with E-state index in [0.29, 0.717) is 0 Å². The molecule has 16 heavy (non-hydrogen) atoms. The minimum absolute atomic E-state index is 0.0701. The molecular formula is C14H18O2. The molecule has 0 aromatic rings. The van der Waals surface area contributed by atoms with Crippen LogP contribution in [0.5, 0.6) is 0 Å². The van der Waals surface area contributed by atoms with E-state index >= 15 is 0 Å². The van der Waals surface area contributed by atoms with Gasteiger partial charge >= 0.3 is 0 Å². The Labute approximate surface area is 96.7 Å². The Bertz CT molecular complexity index is 374. The number of allylic oxidation sites excluding steroid dienone is 4. The maximum atomic E-state index is 12.0. The first kappa shape index (κ1) is 12.6. The molecule has 0 aliphatic heterocycles. The first-order valence-electron chi connectivity index (χ1n) is 5.49. The lowest BCUT2D eigenvalue weighted by atomic mass is 9.73. The van der Waals surface area contributed by atoms with Gasteiger partial charge in [-0.25, -0.2) is 0 Å². The Balaban J connectivity index is 2.94. The van der Waals surface area contributed by atoms with E-state index in [-0.39, 0.29) is 29.8 Å². The van der Waals surface area contributed by atoms with Crippen molar-refractivity contribution in [2.24, 2.45) is 11.8 Å². The van der Waals surface area contributed by atoms with Crippen LogP contribution in [0.15, 0.2) is 36.5 Å². The normalized spacial score (nSPS) is 24.9. The number of Topliss-reactive ketones (excluding diaryl/α,β-unsaturated/α-hetero) is 1. The Morgan fingerprint density at radius 2 is 2.25 bits per heavy atom. The van der Waals surface area contributed by atoms with Gasteiger partial charge in [-0.05, 0) is 37.8 Å². The van der Waals surface area contributed by atoms with Crippen LogP contribution in [0.1, 0.15) is 26.7 Å². The summed E-state index contributed by atoms with van der Waals surface area (Å²) in [5, 5.41) is 0. The molecule has 0 aromatic heterocycles. The number of ketones is 2. The topological polar surface area (TPSA) is 34.1 Å². The average molecular weight is 218 g/mol. The molecule has 0 radical (unpaired) electrons. The molecule has 0 saturated carbocycles. The van der Waals surface area contributed by atoms with Crippen molar-refractivity contribution < 1.29 is 9.59 Å². The lowest BCUT2D eigenvalue weighted by molar-refractivity contribution is -0.125. The molecule has 0 heterocycles. The third-order valence-corrected chi connectivity index (χ3v) is 3.17. The van der Waals surface area contributed by atoms with Crippen LogP contribution >= 0.6 is 0 Å². The molecule has 0 saturated heterocycles. The fourth-order valence-corrected chi connectivity index (χ4v) is 2.12. The summed E-state index contributed by atoms with van der Waals surface area (Å²) in [6.45, 7) is 11.1. The largest absolute Gasteiger partial charge is 0.295 e. The minimum atomic E-state index is -0.243. The summed E-state index contributed by atoms with van der Waals surface area (Å²) in [5.41, 5.74) is 1.73. The Morgan fingerprint density at radius 3 is 2.75 bits per heavy atom. The van der Waals surface area contributed by atoms with Gasteiger partial charge in [0, 0.05) is 12.3 Å². The van der Waals surface area contributed by atoms with Crippen molar-refractivity contribution in [3.05, 3.63) is 36.5 Å². The smallest absolute Gasteiger partial charge is 0.162 e. The van der Waals surface area contributed by atoms with Gasteiger partial charge in [0.2, 0.25) is 0 Å². The molecule has 0 amide bonds. The predicted octanol–water partition coefficient (Wildman–Crippen LogP) is 2.86. The zero-order valence-electron chi connectivity index (χ0n) is 9.95. The van der Waals surface area contributed by atoms with Crippen LogP contribution in [0.2, 0.25) is 0 Å². The maximum absolute atomic E-state index is 12.0. The third-order valence-electron chi connectivity index (χ3n) is 3.17. The lowest BCUT2D eigenvalue weighted by Gasteiger charge is -2.29. The van der Waals surface area contributed by atoms with Crippen LogP contribution in [-0.4, -0.2) is 11.6 Å². The number of carbonyl (C=O) groups is 2. The van der Waals surface area contributed by atoms with E-state index in [4.69, 9.17) is 0 Å². The van der Waals surface area contributed by atoms with Crippen molar-refractivity contribution in [2.75, 3.05) is 0 Å². The van der Waals surface area contributed by atoms with E-state index < -0.39 is 0 Å². The first-order valence-corrected chi connectivity index (χ1v) is 5.49. The van der Waals surface area contributed by atoms with Crippen molar-refractivity contribution in [3.63, 3.8) is 0 Å². The zero-order valence-corrected chi connectivity index (χ0v) is 9.95. The summed E-state index contributed by atoms with van der Waals surface area (Å²) in [4.78, 5) is 23.4. The highest BCUT2D eigenvalue weighted by molar-refractivity contribution is 6.01. The number of hydrogen-bond acceptors (Lipinski definition) is 2. The van der Waals surface area contributed by atoms with Crippen LogP contribution < -0.4 is 0 Å². The monoisotopic (exact) mass is 218 g/mol. The van der Waals surface area contributed by atoms with Gasteiger partial charge in [0.15, 0.2) is 11.6 Å². The molecule has 1 rings (SSSR count). The number of hydrogen-bond donors (Lipinski definition) is 0. The fourth-order valence-electron chi connectivity index (χ4n) is 2.12. The lowest BCUT2D eigenvalue weighted by Crippen LogP contribution is -2.30. The molecule has 0 N–H and O–H groups in total. The maximum Gasteiger partial charge on any atom is 0.162 e. The summed E-state index contributed by atoms with van der Waals surface area (Å²) in [5.74, 6) is -0.137. The van der Waals surface area contributed by atoms with Gasteiger partial charge in [0.05, 0.1) is 0 Å². The van der Waals surface area contributed by atoms with Crippen LogP contribution in [-0.2, 0) is 9.59 Å². The van der Waals surface area contributed by atoms with E-state index in [9.17, 15) is 9.59 Å². The van der Waals surface area contributed by atoms with Crippen LogP contribution in [0.4, 0.5) is 0 Å². The summed E-state index contributed by atoms with van der Waals surface area (Å²) < 4.78 is 0. The van der Waals surface area contributed by atoms with Crippen LogP contribution in [0.3, 0.4) is 0 Å². The highest BCUT2D eigenvalue weighted by atomic mass is 16.1. The van der Waals surface area contributed by atoms with Crippen LogP contribution in [0.25, 0.3) is 0 Å². The highest BCUT2D eigenvalue weighted by Crippen LogP contribution is 2.33. The number of rotatable bonds is 4. The SMILES string of the molecule is C=CC(=O)CC1C(=O)C(C)=CC[C@H]1C(=C)C. The molecule has 2 atom stereocenters. The van der Waals surface area contributed by atoms with Gasteiger partial charge in [0.25, 0.3) is 0 Å². The first-order chi connectivity index (χ1) is 7.47. The molecule has 1 unspecified atom stereocenters.